The molecule has 2 aromatic rings. The number of quaternary nitrogens is 1. The van der Waals surface area contributed by atoms with Crippen LogP contribution in [0.2, 0.25) is 5.02 Å². The van der Waals surface area contributed by atoms with Crippen molar-refractivity contribution in [3.8, 4) is 0 Å². The van der Waals surface area contributed by atoms with Crippen LogP contribution in [0.3, 0.4) is 0 Å². The lowest BCUT2D eigenvalue weighted by molar-refractivity contribution is -0.974. The van der Waals surface area contributed by atoms with Crippen molar-refractivity contribution in [1.29, 1.82) is 0 Å². The van der Waals surface area contributed by atoms with Gasteiger partial charge in [0.05, 0.1) is 20.1 Å². The van der Waals surface area contributed by atoms with Crippen LogP contribution in [0.1, 0.15) is 55.8 Å². The van der Waals surface area contributed by atoms with E-state index in [1.807, 2.05) is 6.07 Å². The van der Waals surface area contributed by atoms with Crippen molar-refractivity contribution in [2.75, 3.05) is 33.4 Å². The third kappa shape index (κ3) is 4.80. The molecular formula is C25H32ClIN2O2. The number of ether oxygens (including phenoxy) is 1. The molecule has 2 aromatic carbocycles. The van der Waals surface area contributed by atoms with Crippen LogP contribution in [0.15, 0.2) is 48.5 Å². The van der Waals surface area contributed by atoms with Crippen molar-refractivity contribution in [2.45, 2.75) is 44.7 Å². The molecule has 1 fully saturated rings. The molecule has 6 heteroatoms. The van der Waals surface area contributed by atoms with Gasteiger partial charge in [0, 0.05) is 30.5 Å². The summed E-state index contributed by atoms with van der Waals surface area (Å²) in [4.78, 5) is 14.0. The SMILES string of the molecule is CC(=O)OC[N@+]1(C)CCN([C@@H]2C[C@@H](c3ccccc3)c3ccc(Cl)cc32)CC1(C)C.[I-]. The van der Waals surface area contributed by atoms with Crippen LogP contribution in [-0.4, -0.2) is 54.3 Å². The zero-order chi connectivity index (χ0) is 21.5. The summed E-state index contributed by atoms with van der Waals surface area (Å²) < 4.78 is 6.16. The van der Waals surface area contributed by atoms with Gasteiger partial charge in [0.25, 0.3) is 0 Å². The Morgan fingerprint density at radius 3 is 2.55 bits per heavy atom. The summed E-state index contributed by atoms with van der Waals surface area (Å²) in [5, 5.41) is 0.805. The summed E-state index contributed by atoms with van der Waals surface area (Å²) in [6, 6.07) is 17.5. The van der Waals surface area contributed by atoms with Gasteiger partial charge in [-0.3, -0.25) is 14.2 Å². The second-order valence-electron chi connectivity index (χ2n) is 9.66. The molecule has 4 nitrogen and oxygen atoms in total. The molecule has 1 aliphatic heterocycles. The lowest BCUT2D eigenvalue weighted by atomic mass is 9.92. The lowest BCUT2D eigenvalue weighted by Crippen LogP contribution is -3.00. The van der Waals surface area contributed by atoms with E-state index >= 15 is 0 Å². The van der Waals surface area contributed by atoms with Crippen LogP contribution in [0.25, 0.3) is 0 Å². The maximum atomic E-state index is 11.4. The average Bonchev–Trinajstić information content (AvgIpc) is 3.08. The monoisotopic (exact) mass is 554 g/mol. The molecule has 0 saturated carbocycles. The van der Waals surface area contributed by atoms with Crippen LogP contribution >= 0.6 is 11.6 Å². The summed E-state index contributed by atoms with van der Waals surface area (Å²) in [5.74, 6) is 0.188. The molecule has 31 heavy (non-hydrogen) atoms. The Bertz CT molecular complexity index is 936. The van der Waals surface area contributed by atoms with E-state index in [1.54, 1.807) is 0 Å². The highest BCUT2D eigenvalue weighted by molar-refractivity contribution is 6.30. The Morgan fingerprint density at radius 2 is 1.90 bits per heavy atom. The molecule has 0 N–H and O–H groups in total. The Labute approximate surface area is 208 Å². The number of nitrogens with zero attached hydrogens (tertiary/aromatic N) is 2. The van der Waals surface area contributed by atoms with Crippen molar-refractivity contribution < 1.29 is 38.0 Å². The number of hydrogen-bond donors (Lipinski definition) is 0. The topological polar surface area (TPSA) is 29.5 Å². The van der Waals surface area contributed by atoms with Gasteiger partial charge >= 0.3 is 5.97 Å². The molecular weight excluding hydrogens is 523 g/mol. The Morgan fingerprint density at radius 1 is 1.19 bits per heavy atom. The molecule has 0 aromatic heterocycles. The van der Waals surface area contributed by atoms with E-state index in [1.165, 1.54) is 23.6 Å². The molecule has 0 amide bonds. The van der Waals surface area contributed by atoms with Gasteiger partial charge in [0.2, 0.25) is 6.73 Å². The summed E-state index contributed by atoms with van der Waals surface area (Å²) in [6.07, 6.45) is 1.07. The molecule has 168 valence electrons. The number of benzene rings is 2. The van der Waals surface area contributed by atoms with Crippen LogP contribution in [0.5, 0.6) is 0 Å². The third-order valence-electron chi connectivity index (χ3n) is 7.37. The van der Waals surface area contributed by atoms with Crippen molar-refractivity contribution in [1.82, 2.24) is 4.90 Å². The second-order valence-corrected chi connectivity index (χ2v) is 10.1. The minimum absolute atomic E-state index is 0. The van der Waals surface area contributed by atoms with E-state index in [0.717, 1.165) is 35.6 Å². The standard InChI is InChI=1S/C25H32ClN2O2.HI/c1-18(29)30-17-28(4)13-12-27(16-25(28,2)3)24-15-22(19-8-6-5-7-9-19)21-11-10-20(26)14-23(21)24;/h5-11,14,22,24H,12-13,15-17H2,1-4H3;1H/q+1;/p-1/t22-,24+,28-;/m0./s1. The smallest absolute Gasteiger partial charge is 0.306 e. The van der Waals surface area contributed by atoms with Gasteiger partial charge in [-0.25, -0.2) is 0 Å². The van der Waals surface area contributed by atoms with Crippen LogP contribution < -0.4 is 24.0 Å². The van der Waals surface area contributed by atoms with E-state index in [-0.39, 0.29) is 35.5 Å². The van der Waals surface area contributed by atoms with Gasteiger partial charge in [0.1, 0.15) is 5.54 Å². The first-order valence-electron chi connectivity index (χ1n) is 10.8. The van der Waals surface area contributed by atoms with Crippen LogP contribution in [-0.2, 0) is 9.53 Å². The fourth-order valence-electron chi connectivity index (χ4n) is 5.11. The summed E-state index contributed by atoms with van der Waals surface area (Å²) in [6.45, 7) is 9.34. The number of piperazine rings is 1. The van der Waals surface area contributed by atoms with Gasteiger partial charge in [-0.1, -0.05) is 48.0 Å². The Balaban J connectivity index is 0.00000272. The molecule has 1 saturated heterocycles. The normalized spacial score (nSPS) is 27.3. The molecule has 0 spiro atoms. The van der Waals surface area contributed by atoms with E-state index in [0.29, 0.717) is 18.7 Å². The zero-order valence-electron chi connectivity index (χ0n) is 18.8. The lowest BCUT2D eigenvalue weighted by Gasteiger charge is -2.53. The maximum absolute atomic E-state index is 11.4. The highest BCUT2D eigenvalue weighted by Crippen LogP contribution is 2.48. The van der Waals surface area contributed by atoms with Crippen LogP contribution in [0.4, 0.5) is 0 Å². The number of carbonyl (C=O) groups is 1. The predicted octanol–water partition coefficient (Wildman–Crippen LogP) is 1.98. The zero-order valence-corrected chi connectivity index (χ0v) is 21.7. The minimum Gasteiger partial charge on any atom is -1.00 e. The number of esters is 1. The molecule has 0 radical (unpaired) electrons. The molecule has 3 atom stereocenters. The summed E-state index contributed by atoms with van der Waals surface area (Å²) in [5.41, 5.74) is 4.10. The molecule has 1 heterocycles. The summed E-state index contributed by atoms with van der Waals surface area (Å²) in [7, 11) is 2.20. The van der Waals surface area contributed by atoms with Gasteiger partial charge in [0.15, 0.2) is 0 Å². The number of halogens is 2. The molecule has 2 aliphatic rings. The number of rotatable bonds is 4. The van der Waals surface area contributed by atoms with E-state index in [4.69, 9.17) is 16.3 Å². The third-order valence-corrected chi connectivity index (χ3v) is 7.60. The largest absolute Gasteiger partial charge is 1.00 e. The first kappa shape index (κ1) is 24.5. The number of likely N-dealkylation sites (N-methyl/N-ethyl adjacent to an activating group) is 1. The fourth-order valence-corrected chi connectivity index (χ4v) is 5.29. The highest BCUT2D eigenvalue weighted by Gasteiger charge is 2.49. The first-order chi connectivity index (χ1) is 14.2. The van der Waals surface area contributed by atoms with E-state index in [9.17, 15) is 4.79 Å². The quantitative estimate of drug-likeness (QED) is 0.329. The van der Waals surface area contributed by atoms with Crippen molar-refractivity contribution in [2.24, 2.45) is 0 Å². The maximum Gasteiger partial charge on any atom is 0.306 e. The van der Waals surface area contributed by atoms with E-state index < -0.39 is 0 Å². The van der Waals surface area contributed by atoms with Gasteiger partial charge in [-0.15, -0.1) is 0 Å². The molecule has 0 unspecified atom stereocenters. The van der Waals surface area contributed by atoms with Crippen LogP contribution in [0, 0.1) is 0 Å². The first-order valence-corrected chi connectivity index (χ1v) is 11.1. The minimum atomic E-state index is -0.211. The molecule has 0 bridgehead atoms. The van der Waals surface area contributed by atoms with Gasteiger partial charge in [-0.05, 0) is 49.1 Å². The van der Waals surface area contributed by atoms with Crippen molar-refractivity contribution >= 4 is 17.6 Å². The Kier molecular flexibility index (Phi) is 7.41. The van der Waals surface area contributed by atoms with Crippen molar-refractivity contribution in [3.63, 3.8) is 0 Å². The number of hydrogen-bond acceptors (Lipinski definition) is 3. The average molecular weight is 555 g/mol. The summed E-state index contributed by atoms with van der Waals surface area (Å²) >= 11 is 6.42. The van der Waals surface area contributed by atoms with E-state index in [2.05, 4.69) is 68.3 Å². The van der Waals surface area contributed by atoms with Gasteiger partial charge in [-0.2, -0.15) is 0 Å². The second kappa shape index (κ2) is 9.38. The molecule has 4 rings (SSSR count). The fraction of sp³-hybridized carbons (Fsp3) is 0.480. The molecule has 1 aliphatic carbocycles. The Hall–Kier alpha value is -1.15. The number of carbonyl (C=O) groups excluding carboxylic acids is 1. The number of fused-ring (bicyclic) bond motifs is 1. The van der Waals surface area contributed by atoms with Crippen molar-refractivity contribution in [3.05, 3.63) is 70.2 Å². The highest BCUT2D eigenvalue weighted by atomic mass is 127. The predicted molar refractivity (Wildman–Crippen MR) is 120 cm³/mol. The van der Waals surface area contributed by atoms with Gasteiger partial charge < -0.3 is 28.7 Å².